The maximum atomic E-state index is 12.3. The molecule has 0 bridgehead atoms. The Morgan fingerprint density at radius 3 is 2.11 bits per heavy atom. The van der Waals surface area contributed by atoms with Gasteiger partial charge in [0.25, 0.3) is 0 Å². The molecule has 0 heterocycles. The topological polar surface area (TPSA) is 43.4 Å². The van der Waals surface area contributed by atoms with Crippen molar-refractivity contribution >= 4 is 11.8 Å². The number of hydrogen-bond acceptors (Lipinski definition) is 3. The number of hydrogen-bond donors (Lipinski definition) is 0. The van der Waals surface area contributed by atoms with Crippen molar-refractivity contribution in [2.45, 2.75) is 79.2 Å². The van der Waals surface area contributed by atoms with Gasteiger partial charge in [-0.1, -0.05) is 40.0 Å². The molecule has 0 saturated heterocycles. The lowest BCUT2D eigenvalue weighted by atomic mass is 9.81. The summed E-state index contributed by atoms with van der Waals surface area (Å²) in [5, 5.41) is 0. The fraction of sp³-hybridized carbons (Fsp3) is 0.867. The Labute approximate surface area is 111 Å². The summed E-state index contributed by atoms with van der Waals surface area (Å²) in [6, 6.07) is 0. The molecule has 2 atom stereocenters. The van der Waals surface area contributed by atoms with Gasteiger partial charge < -0.3 is 4.74 Å². The molecule has 0 aliphatic rings. The Hall–Kier alpha value is -0.860. The Bertz CT molecular complexity index is 273. The van der Waals surface area contributed by atoms with Crippen LogP contribution in [0.3, 0.4) is 0 Å². The van der Waals surface area contributed by atoms with Crippen LogP contribution in [0.15, 0.2) is 0 Å². The van der Waals surface area contributed by atoms with Crippen LogP contribution < -0.4 is 0 Å². The van der Waals surface area contributed by atoms with Gasteiger partial charge in [0.05, 0.1) is 5.41 Å². The highest BCUT2D eigenvalue weighted by Gasteiger charge is 2.35. The molecule has 0 aliphatic carbocycles. The lowest BCUT2D eigenvalue weighted by molar-refractivity contribution is -0.165. The zero-order valence-electron chi connectivity index (χ0n) is 12.5. The first-order valence-electron chi connectivity index (χ1n) is 7.12. The SMILES string of the molecule is CCCCC(C)(CCC)C(=O)OC(CC)C(C)=O. The van der Waals surface area contributed by atoms with Crippen molar-refractivity contribution in [2.75, 3.05) is 0 Å². The molecule has 3 nitrogen and oxygen atoms in total. The second-order valence-electron chi connectivity index (χ2n) is 5.33. The summed E-state index contributed by atoms with van der Waals surface area (Å²) < 4.78 is 5.39. The van der Waals surface area contributed by atoms with Gasteiger partial charge in [0, 0.05) is 0 Å². The van der Waals surface area contributed by atoms with Crippen molar-refractivity contribution in [1.82, 2.24) is 0 Å². The van der Waals surface area contributed by atoms with Crippen molar-refractivity contribution in [2.24, 2.45) is 5.41 Å². The van der Waals surface area contributed by atoms with E-state index in [2.05, 4.69) is 13.8 Å². The van der Waals surface area contributed by atoms with Crippen LogP contribution in [0.25, 0.3) is 0 Å². The molecule has 0 aromatic carbocycles. The van der Waals surface area contributed by atoms with Crippen molar-refractivity contribution in [3.63, 3.8) is 0 Å². The summed E-state index contributed by atoms with van der Waals surface area (Å²) in [5.41, 5.74) is -0.437. The molecule has 0 rings (SSSR count). The van der Waals surface area contributed by atoms with E-state index < -0.39 is 11.5 Å². The summed E-state index contributed by atoms with van der Waals surface area (Å²) in [6.07, 6.45) is 4.67. The van der Waals surface area contributed by atoms with E-state index in [-0.39, 0.29) is 11.8 Å². The van der Waals surface area contributed by atoms with Crippen molar-refractivity contribution in [3.8, 4) is 0 Å². The minimum absolute atomic E-state index is 0.0693. The average molecular weight is 256 g/mol. The number of ether oxygens (including phenoxy) is 1. The van der Waals surface area contributed by atoms with Crippen LogP contribution in [0.2, 0.25) is 0 Å². The molecule has 0 amide bonds. The number of Topliss-reactive ketones (excluding diaryl/α,β-unsaturated/α-hetero) is 1. The maximum Gasteiger partial charge on any atom is 0.312 e. The molecule has 0 N–H and O–H groups in total. The van der Waals surface area contributed by atoms with Crippen LogP contribution in [0, 0.1) is 5.41 Å². The summed E-state index contributed by atoms with van der Waals surface area (Å²) in [5.74, 6) is -0.278. The van der Waals surface area contributed by atoms with Crippen LogP contribution in [-0.4, -0.2) is 17.9 Å². The highest BCUT2D eigenvalue weighted by atomic mass is 16.5. The predicted octanol–water partition coefficient (Wildman–Crippen LogP) is 3.89. The zero-order valence-corrected chi connectivity index (χ0v) is 12.5. The van der Waals surface area contributed by atoms with E-state index in [0.29, 0.717) is 6.42 Å². The Kier molecular flexibility index (Phi) is 7.88. The summed E-state index contributed by atoms with van der Waals surface area (Å²) in [7, 11) is 0. The fourth-order valence-corrected chi connectivity index (χ4v) is 2.17. The quantitative estimate of drug-likeness (QED) is 0.588. The average Bonchev–Trinajstić information content (AvgIpc) is 2.32. The van der Waals surface area contributed by atoms with Gasteiger partial charge >= 0.3 is 5.97 Å². The van der Waals surface area contributed by atoms with Gasteiger partial charge in [-0.15, -0.1) is 0 Å². The summed E-state index contributed by atoms with van der Waals surface area (Å²) >= 11 is 0. The van der Waals surface area contributed by atoms with Crippen molar-refractivity contribution in [1.29, 1.82) is 0 Å². The Morgan fingerprint density at radius 2 is 1.72 bits per heavy atom. The van der Waals surface area contributed by atoms with Gasteiger partial charge in [0.2, 0.25) is 0 Å². The number of esters is 1. The van der Waals surface area contributed by atoms with Gasteiger partial charge in [-0.2, -0.15) is 0 Å². The highest BCUT2D eigenvalue weighted by molar-refractivity contribution is 5.85. The first-order chi connectivity index (χ1) is 8.41. The highest BCUT2D eigenvalue weighted by Crippen LogP contribution is 2.32. The molecule has 2 unspecified atom stereocenters. The second-order valence-corrected chi connectivity index (χ2v) is 5.33. The lowest BCUT2D eigenvalue weighted by Crippen LogP contribution is -2.35. The summed E-state index contributed by atoms with van der Waals surface area (Å²) in [6.45, 7) is 9.48. The van der Waals surface area contributed by atoms with Crippen LogP contribution >= 0.6 is 0 Å². The van der Waals surface area contributed by atoms with E-state index in [1.807, 2.05) is 13.8 Å². The molecule has 0 spiro atoms. The molecule has 106 valence electrons. The zero-order chi connectivity index (χ0) is 14.2. The molecule has 3 heteroatoms. The van der Waals surface area contributed by atoms with Crippen LogP contribution in [0.4, 0.5) is 0 Å². The molecule has 18 heavy (non-hydrogen) atoms. The fourth-order valence-electron chi connectivity index (χ4n) is 2.17. The van der Waals surface area contributed by atoms with Crippen LogP contribution in [0.5, 0.6) is 0 Å². The Balaban J connectivity index is 4.69. The normalized spacial score (nSPS) is 15.8. The van der Waals surface area contributed by atoms with Crippen LogP contribution in [-0.2, 0) is 14.3 Å². The second kappa shape index (κ2) is 8.28. The van der Waals surface area contributed by atoms with Gasteiger partial charge in [-0.05, 0) is 33.1 Å². The van der Waals surface area contributed by atoms with Gasteiger partial charge in [-0.25, -0.2) is 0 Å². The molecule has 0 radical (unpaired) electrons. The number of carbonyl (C=O) groups is 2. The van der Waals surface area contributed by atoms with E-state index in [9.17, 15) is 9.59 Å². The molecular formula is C15H28O3. The van der Waals surface area contributed by atoms with E-state index in [1.54, 1.807) is 0 Å². The molecule has 0 aromatic heterocycles. The van der Waals surface area contributed by atoms with E-state index in [1.165, 1.54) is 6.92 Å². The minimum Gasteiger partial charge on any atom is -0.454 e. The first kappa shape index (κ1) is 17.1. The van der Waals surface area contributed by atoms with Crippen LogP contribution in [0.1, 0.15) is 73.1 Å². The number of rotatable bonds is 9. The third-order valence-corrected chi connectivity index (χ3v) is 3.45. The molecule has 0 saturated carbocycles. The van der Waals surface area contributed by atoms with Gasteiger partial charge in [0.1, 0.15) is 0 Å². The Morgan fingerprint density at radius 1 is 1.11 bits per heavy atom. The van der Waals surface area contributed by atoms with Gasteiger partial charge in [-0.3, -0.25) is 9.59 Å². The lowest BCUT2D eigenvalue weighted by Gasteiger charge is -2.28. The van der Waals surface area contributed by atoms with E-state index >= 15 is 0 Å². The third-order valence-electron chi connectivity index (χ3n) is 3.45. The standard InChI is InChI=1S/C15H28O3/c1-6-9-11-15(5,10-7-2)14(17)18-13(8-3)12(4)16/h13H,6-11H2,1-5H3. The maximum absolute atomic E-state index is 12.3. The van der Waals surface area contributed by atoms with E-state index in [4.69, 9.17) is 4.74 Å². The van der Waals surface area contributed by atoms with Crippen molar-refractivity contribution in [3.05, 3.63) is 0 Å². The number of ketones is 1. The predicted molar refractivity (Wildman–Crippen MR) is 73.4 cm³/mol. The van der Waals surface area contributed by atoms with Crippen molar-refractivity contribution < 1.29 is 14.3 Å². The largest absolute Gasteiger partial charge is 0.454 e. The first-order valence-corrected chi connectivity index (χ1v) is 7.12. The molecule has 0 aromatic rings. The molecule has 0 fully saturated rings. The molecule has 0 aliphatic heterocycles. The van der Waals surface area contributed by atoms with E-state index in [0.717, 1.165) is 32.1 Å². The monoisotopic (exact) mass is 256 g/mol. The number of unbranched alkanes of at least 4 members (excludes halogenated alkanes) is 1. The third kappa shape index (κ3) is 5.19. The molecular weight excluding hydrogens is 228 g/mol. The number of carbonyl (C=O) groups excluding carboxylic acids is 2. The minimum atomic E-state index is -0.574. The summed E-state index contributed by atoms with van der Waals surface area (Å²) in [4.78, 5) is 23.6. The smallest absolute Gasteiger partial charge is 0.312 e. The van der Waals surface area contributed by atoms with Gasteiger partial charge in [0.15, 0.2) is 11.9 Å².